The molecule has 1 aromatic heterocycles. The SMILES string of the molecule is CC(=O)NC(Cc1ccncc1)(C(=O)O)C(=O)O. The van der Waals surface area contributed by atoms with Gasteiger partial charge in [-0.05, 0) is 17.7 Å². The molecule has 7 nitrogen and oxygen atoms in total. The predicted molar refractivity (Wildman–Crippen MR) is 59.8 cm³/mol. The van der Waals surface area contributed by atoms with Crippen LogP contribution in [0.1, 0.15) is 12.5 Å². The molecule has 0 spiro atoms. The summed E-state index contributed by atoms with van der Waals surface area (Å²) < 4.78 is 0. The van der Waals surface area contributed by atoms with Crippen molar-refractivity contribution in [2.45, 2.75) is 18.9 Å². The molecule has 0 radical (unpaired) electrons. The van der Waals surface area contributed by atoms with Gasteiger partial charge in [0, 0.05) is 25.7 Å². The van der Waals surface area contributed by atoms with E-state index in [0.717, 1.165) is 6.92 Å². The van der Waals surface area contributed by atoms with E-state index in [1.54, 1.807) is 0 Å². The standard InChI is InChI=1S/C11H12N2O5/c1-7(14)13-11(9(15)16,10(17)18)6-8-2-4-12-5-3-8/h2-5H,6H2,1H3,(H,13,14)(H,15,16)(H,17,18). The lowest BCUT2D eigenvalue weighted by Crippen LogP contribution is -2.61. The number of rotatable bonds is 5. The average molecular weight is 252 g/mol. The van der Waals surface area contributed by atoms with Gasteiger partial charge in [-0.3, -0.25) is 9.78 Å². The molecule has 1 amide bonds. The van der Waals surface area contributed by atoms with Crippen molar-refractivity contribution in [3.63, 3.8) is 0 Å². The van der Waals surface area contributed by atoms with Gasteiger partial charge in [0.25, 0.3) is 0 Å². The Balaban J connectivity index is 3.14. The molecule has 0 saturated heterocycles. The molecule has 3 N–H and O–H groups in total. The van der Waals surface area contributed by atoms with Crippen LogP contribution in [0.3, 0.4) is 0 Å². The number of carbonyl (C=O) groups excluding carboxylic acids is 1. The lowest BCUT2D eigenvalue weighted by Gasteiger charge is -2.25. The monoisotopic (exact) mass is 252 g/mol. The second-order valence-corrected chi connectivity index (χ2v) is 3.73. The molecule has 1 aromatic rings. The molecular weight excluding hydrogens is 240 g/mol. The number of amides is 1. The fourth-order valence-electron chi connectivity index (χ4n) is 1.50. The van der Waals surface area contributed by atoms with E-state index in [2.05, 4.69) is 4.98 Å². The van der Waals surface area contributed by atoms with Gasteiger partial charge in [-0.1, -0.05) is 0 Å². The van der Waals surface area contributed by atoms with Crippen molar-refractivity contribution in [2.75, 3.05) is 0 Å². The molecule has 96 valence electrons. The van der Waals surface area contributed by atoms with Gasteiger partial charge in [0.1, 0.15) is 0 Å². The number of pyridine rings is 1. The minimum Gasteiger partial charge on any atom is -0.479 e. The van der Waals surface area contributed by atoms with E-state index < -0.39 is 23.4 Å². The predicted octanol–water partition coefficient (Wildman–Crippen LogP) is -0.332. The quantitative estimate of drug-likeness (QED) is 0.618. The van der Waals surface area contributed by atoms with E-state index in [9.17, 15) is 14.4 Å². The number of aromatic nitrogens is 1. The van der Waals surface area contributed by atoms with Crippen molar-refractivity contribution >= 4 is 17.8 Å². The lowest BCUT2D eigenvalue weighted by atomic mass is 9.91. The number of nitrogens with one attached hydrogen (secondary N) is 1. The van der Waals surface area contributed by atoms with Crippen LogP contribution in [0.25, 0.3) is 0 Å². The van der Waals surface area contributed by atoms with Crippen molar-refractivity contribution in [1.82, 2.24) is 10.3 Å². The van der Waals surface area contributed by atoms with Crippen LogP contribution in [0.2, 0.25) is 0 Å². The zero-order valence-corrected chi connectivity index (χ0v) is 9.58. The first kappa shape index (κ1) is 13.6. The molecule has 0 aliphatic heterocycles. The van der Waals surface area contributed by atoms with Crippen molar-refractivity contribution in [1.29, 1.82) is 0 Å². The highest BCUT2D eigenvalue weighted by atomic mass is 16.4. The molecule has 0 atom stereocenters. The summed E-state index contributed by atoms with van der Waals surface area (Å²) in [5.41, 5.74) is -1.92. The summed E-state index contributed by atoms with van der Waals surface area (Å²) >= 11 is 0. The Morgan fingerprint density at radius 2 is 1.72 bits per heavy atom. The summed E-state index contributed by atoms with van der Waals surface area (Å²) in [4.78, 5) is 37.1. The zero-order chi connectivity index (χ0) is 13.8. The van der Waals surface area contributed by atoms with Crippen LogP contribution in [0.5, 0.6) is 0 Å². The van der Waals surface area contributed by atoms with Crippen LogP contribution < -0.4 is 5.32 Å². The summed E-state index contributed by atoms with van der Waals surface area (Å²) in [6, 6.07) is 2.98. The summed E-state index contributed by atoms with van der Waals surface area (Å²) in [6.45, 7) is 1.06. The molecule has 1 rings (SSSR count). The minimum atomic E-state index is -2.37. The maximum absolute atomic E-state index is 11.2. The molecule has 18 heavy (non-hydrogen) atoms. The highest BCUT2D eigenvalue weighted by Crippen LogP contribution is 2.14. The summed E-state index contributed by atoms with van der Waals surface area (Å²) in [7, 11) is 0. The molecule has 0 aliphatic carbocycles. The van der Waals surface area contributed by atoms with E-state index in [-0.39, 0.29) is 6.42 Å². The van der Waals surface area contributed by atoms with Gasteiger partial charge < -0.3 is 15.5 Å². The van der Waals surface area contributed by atoms with Gasteiger partial charge >= 0.3 is 11.9 Å². The molecule has 0 bridgehead atoms. The van der Waals surface area contributed by atoms with Crippen LogP contribution in [-0.4, -0.2) is 38.6 Å². The molecule has 0 unspecified atom stereocenters. The molecule has 0 saturated carbocycles. The van der Waals surface area contributed by atoms with E-state index in [1.165, 1.54) is 24.5 Å². The van der Waals surface area contributed by atoms with Crippen molar-refractivity contribution < 1.29 is 24.6 Å². The Morgan fingerprint density at radius 3 is 2.11 bits per heavy atom. The molecule has 0 aliphatic rings. The average Bonchev–Trinajstić information content (AvgIpc) is 2.28. The highest BCUT2D eigenvalue weighted by Gasteiger charge is 2.47. The third kappa shape index (κ3) is 2.82. The Hall–Kier alpha value is -2.44. The van der Waals surface area contributed by atoms with Crippen molar-refractivity contribution in [3.8, 4) is 0 Å². The molecule has 0 fully saturated rings. The number of nitrogens with zero attached hydrogens (tertiary/aromatic N) is 1. The van der Waals surface area contributed by atoms with Crippen LogP contribution in [0.15, 0.2) is 24.5 Å². The molecule has 7 heteroatoms. The van der Waals surface area contributed by atoms with Crippen LogP contribution in [0, 0.1) is 0 Å². The van der Waals surface area contributed by atoms with Gasteiger partial charge in [-0.2, -0.15) is 0 Å². The Labute approximate surface area is 102 Å². The second kappa shape index (κ2) is 5.26. The van der Waals surface area contributed by atoms with Gasteiger partial charge in [0.05, 0.1) is 0 Å². The first-order chi connectivity index (χ1) is 8.38. The Bertz CT molecular complexity index is 458. The second-order valence-electron chi connectivity index (χ2n) is 3.73. The summed E-state index contributed by atoms with van der Waals surface area (Å²) in [6.07, 6.45) is 2.47. The number of carbonyl (C=O) groups is 3. The maximum Gasteiger partial charge on any atom is 0.341 e. The van der Waals surface area contributed by atoms with E-state index in [4.69, 9.17) is 10.2 Å². The van der Waals surface area contributed by atoms with Crippen LogP contribution in [-0.2, 0) is 20.8 Å². The van der Waals surface area contributed by atoms with E-state index in [0.29, 0.717) is 5.56 Å². The van der Waals surface area contributed by atoms with Gasteiger partial charge in [-0.25, -0.2) is 9.59 Å². The Morgan fingerprint density at radius 1 is 1.22 bits per heavy atom. The minimum absolute atomic E-state index is 0.361. The maximum atomic E-state index is 11.2. The molecular formula is C11H12N2O5. The number of hydrogen-bond donors (Lipinski definition) is 3. The number of hydrogen-bond acceptors (Lipinski definition) is 4. The fourth-order valence-corrected chi connectivity index (χ4v) is 1.50. The van der Waals surface area contributed by atoms with Crippen molar-refractivity contribution in [2.24, 2.45) is 0 Å². The molecule has 0 aromatic carbocycles. The Kier molecular flexibility index (Phi) is 3.98. The third-order valence-electron chi connectivity index (χ3n) is 2.34. The summed E-state index contributed by atoms with van der Waals surface area (Å²) in [5.74, 6) is -3.97. The number of carboxylic acid groups (broad SMARTS) is 2. The fraction of sp³-hybridized carbons (Fsp3) is 0.273. The van der Waals surface area contributed by atoms with Crippen LogP contribution in [0.4, 0.5) is 0 Å². The zero-order valence-electron chi connectivity index (χ0n) is 9.58. The topological polar surface area (TPSA) is 117 Å². The molecule has 1 heterocycles. The third-order valence-corrected chi connectivity index (χ3v) is 2.34. The first-order valence-corrected chi connectivity index (χ1v) is 5.03. The first-order valence-electron chi connectivity index (χ1n) is 5.03. The van der Waals surface area contributed by atoms with E-state index in [1.807, 2.05) is 5.32 Å². The van der Waals surface area contributed by atoms with Gasteiger partial charge in [0.2, 0.25) is 11.4 Å². The number of aliphatic carboxylic acids is 2. The summed E-state index contributed by atoms with van der Waals surface area (Å²) in [5, 5.41) is 20.2. The smallest absolute Gasteiger partial charge is 0.341 e. The van der Waals surface area contributed by atoms with Crippen molar-refractivity contribution in [3.05, 3.63) is 30.1 Å². The normalized spacial score (nSPS) is 10.7. The van der Waals surface area contributed by atoms with Gasteiger partial charge in [0.15, 0.2) is 0 Å². The highest BCUT2D eigenvalue weighted by molar-refractivity contribution is 6.06. The van der Waals surface area contributed by atoms with Crippen LogP contribution >= 0.6 is 0 Å². The van der Waals surface area contributed by atoms with Gasteiger partial charge in [-0.15, -0.1) is 0 Å². The lowest BCUT2D eigenvalue weighted by molar-refractivity contribution is -0.161. The van der Waals surface area contributed by atoms with E-state index >= 15 is 0 Å². The largest absolute Gasteiger partial charge is 0.479 e. The number of carboxylic acids is 2.